The van der Waals surface area contributed by atoms with E-state index in [4.69, 9.17) is 0 Å². The van der Waals surface area contributed by atoms with Gasteiger partial charge in [0.05, 0.1) is 24.8 Å². The SMILES string of the molecule is O[C@H]1[C@H](O)c2cncn2C[C@@H]1O. The summed E-state index contributed by atoms with van der Waals surface area (Å²) in [5.41, 5.74) is 0.549. The standard InChI is InChI=1S/C7H10N2O3/c10-5-2-9-3-8-1-4(9)6(11)7(5)12/h1,3,5-7,10-12H,2H2/t5-,6+,7+/m0/s1. The molecule has 1 aliphatic rings. The first-order valence-corrected chi connectivity index (χ1v) is 3.74. The minimum Gasteiger partial charge on any atom is -0.388 e. The highest BCUT2D eigenvalue weighted by molar-refractivity contribution is 5.09. The van der Waals surface area contributed by atoms with E-state index in [0.717, 1.165) is 0 Å². The molecule has 0 saturated heterocycles. The minimum atomic E-state index is -1.10. The van der Waals surface area contributed by atoms with E-state index in [0.29, 0.717) is 5.69 Å². The summed E-state index contributed by atoms with van der Waals surface area (Å²) in [6, 6.07) is 0. The van der Waals surface area contributed by atoms with Crippen molar-refractivity contribution in [1.82, 2.24) is 9.55 Å². The van der Waals surface area contributed by atoms with Crippen molar-refractivity contribution in [3.8, 4) is 0 Å². The second-order valence-corrected chi connectivity index (χ2v) is 2.97. The summed E-state index contributed by atoms with van der Waals surface area (Å²) in [6.07, 6.45) is -0.0416. The smallest absolute Gasteiger partial charge is 0.124 e. The van der Waals surface area contributed by atoms with Crippen LogP contribution >= 0.6 is 0 Å². The molecule has 0 amide bonds. The molecule has 0 spiro atoms. The quantitative estimate of drug-likeness (QED) is 0.450. The van der Waals surface area contributed by atoms with Crippen LogP contribution in [0.4, 0.5) is 0 Å². The van der Waals surface area contributed by atoms with Gasteiger partial charge in [-0.25, -0.2) is 4.98 Å². The number of hydrogen-bond acceptors (Lipinski definition) is 4. The number of rotatable bonds is 0. The van der Waals surface area contributed by atoms with Gasteiger partial charge in [0.25, 0.3) is 0 Å². The molecule has 3 N–H and O–H groups in total. The minimum absolute atomic E-state index is 0.285. The van der Waals surface area contributed by atoms with Crippen LogP contribution in [0.1, 0.15) is 11.8 Å². The molecule has 66 valence electrons. The number of imidazole rings is 1. The van der Waals surface area contributed by atoms with Crippen LogP contribution in [0.2, 0.25) is 0 Å². The molecule has 0 unspecified atom stereocenters. The molecule has 0 aliphatic carbocycles. The lowest BCUT2D eigenvalue weighted by Gasteiger charge is -2.29. The van der Waals surface area contributed by atoms with Crippen LogP contribution in [0.15, 0.2) is 12.5 Å². The Morgan fingerprint density at radius 1 is 1.42 bits per heavy atom. The normalized spacial score (nSPS) is 34.8. The topological polar surface area (TPSA) is 78.5 Å². The zero-order valence-corrected chi connectivity index (χ0v) is 6.33. The van der Waals surface area contributed by atoms with Crippen molar-refractivity contribution in [1.29, 1.82) is 0 Å². The molecule has 2 heterocycles. The first kappa shape index (κ1) is 7.72. The zero-order chi connectivity index (χ0) is 8.72. The van der Waals surface area contributed by atoms with Crippen LogP contribution in [0.3, 0.4) is 0 Å². The number of fused-ring (bicyclic) bond motifs is 1. The molecule has 0 saturated carbocycles. The van der Waals surface area contributed by atoms with Crippen molar-refractivity contribution in [2.24, 2.45) is 0 Å². The monoisotopic (exact) mass is 170 g/mol. The van der Waals surface area contributed by atoms with E-state index >= 15 is 0 Å². The molecule has 0 radical (unpaired) electrons. The molecule has 2 rings (SSSR count). The van der Waals surface area contributed by atoms with E-state index in [2.05, 4.69) is 4.98 Å². The van der Waals surface area contributed by atoms with Gasteiger partial charge in [-0.3, -0.25) is 0 Å². The Kier molecular flexibility index (Phi) is 1.64. The van der Waals surface area contributed by atoms with Crippen LogP contribution in [-0.4, -0.2) is 37.1 Å². The number of aliphatic hydroxyl groups excluding tert-OH is 3. The van der Waals surface area contributed by atoms with Gasteiger partial charge in [-0.2, -0.15) is 0 Å². The van der Waals surface area contributed by atoms with E-state index in [1.165, 1.54) is 12.5 Å². The highest BCUT2D eigenvalue weighted by Gasteiger charge is 2.33. The van der Waals surface area contributed by atoms with Crippen molar-refractivity contribution >= 4 is 0 Å². The van der Waals surface area contributed by atoms with Crippen molar-refractivity contribution in [2.75, 3.05) is 0 Å². The summed E-state index contributed by atoms with van der Waals surface area (Å²) >= 11 is 0. The lowest BCUT2D eigenvalue weighted by molar-refractivity contribution is -0.0834. The maximum Gasteiger partial charge on any atom is 0.124 e. The second-order valence-electron chi connectivity index (χ2n) is 2.97. The van der Waals surface area contributed by atoms with Crippen LogP contribution in [0, 0.1) is 0 Å². The fraction of sp³-hybridized carbons (Fsp3) is 0.571. The Bertz CT molecular complexity index is 286. The number of aromatic nitrogens is 2. The van der Waals surface area contributed by atoms with E-state index in [1.54, 1.807) is 4.57 Å². The summed E-state index contributed by atoms with van der Waals surface area (Å²) < 4.78 is 1.63. The fourth-order valence-corrected chi connectivity index (χ4v) is 1.42. The maximum absolute atomic E-state index is 9.42. The van der Waals surface area contributed by atoms with E-state index in [1.807, 2.05) is 0 Å². The predicted molar refractivity (Wildman–Crippen MR) is 39.2 cm³/mol. The Hall–Kier alpha value is -0.910. The molecular weight excluding hydrogens is 160 g/mol. The average molecular weight is 170 g/mol. The predicted octanol–water partition coefficient (Wildman–Crippen LogP) is -1.35. The van der Waals surface area contributed by atoms with Gasteiger partial charge in [0.15, 0.2) is 0 Å². The Labute approximate surface area is 68.9 Å². The van der Waals surface area contributed by atoms with Gasteiger partial charge in [0.2, 0.25) is 0 Å². The molecule has 0 fully saturated rings. The highest BCUT2D eigenvalue weighted by atomic mass is 16.4. The molecule has 3 atom stereocenters. The summed E-state index contributed by atoms with van der Waals surface area (Å²) in [5, 5.41) is 27.9. The second kappa shape index (κ2) is 2.55. The van der Waals surface area contributed by atoms with Crippen molar-refractivity contribution in [3.63, 3.8) is 0 Å². The van der Waals surface area contributed by atoms with Gasteiger partial charge < -0.3 is 19.9 Å². The highest BCUT2D eigenvalue weighted by Crippen LogP contribution is 2.24. The zero-order valence-electron chi connectivity index (χ0n) is 6.33. The van der Waals surface area contributed by atoms with Gasteiger partial charge >= 0.3 is 0 Å². The molecule has 0 bridgehead atoms. The maximum atomic E-state index is 9.42. The Morgan fingerprint density at radius 2 is 2.17 bits per heavy atom. The number of aliphatic hydroxyl groups is 3. The third-order valence-electron chi connectivity index (χ3n) is 2.15. The first-order chi connectivity index (χ1) is 5.70. The van der Waals surface area contributed by atoms with Crippen LogP contribution < -0.4 is 0 Å². The summed E-state index contributed by atoms with van der Waals surface area (Å²) in [7, 11) is 0. The Balaban J connectivity index is 2.39. The summed E-state index contributed by atoms with van der Waals surface area (Å²) in [6.45, 7) is 0.285. The van der Waals surface area contributed by atoms with Gasteiger partial charge in [-0.15, -0.1) is 0 Å². The average Bonchev–Trinajstić information content (AvgIpc) is 2.48. The molecule has 12 heavy (non-hydrogen) atoms. The van der Waals surface area contributed by atoms with Crippen molar-refractivity contribution < 1.29 is 15.3 Å². The molecule has 1 aromatic heterocycles. The number of hydrogen-bond donors (Lipinski definition) is 3. The number of nitrogens with zero attached hydrogens (tertiary/aromatic N) is 2. The summed E-state index contributed by atoms with van der Waals surface area (Å²) in [5.74, 6) is 0. The summed E-state index contributed by atoms with van der Waals surface area (Å²) in [4.78, 5) is 3.80. The van der Waals surface area contributed by atoms with Crippen molar-refractivity contribution in [3.05, 3.63) is 18.2 Å². The molecule has 1 aliphatic heterocycles. The van der Waals surface area contributed by atoms with E-state index in [9.17, 15) is 15.3 Å². The lowest BCUT2D eigenvalue weighted by Crippen LogP contribution is -2.40. The van der Waals surface area contributed by atoms with Crippen molar-refractivity contribution in [2.45, 2.75) is 24.9 Å². The fourth-order valence-electron chi connectivity index (χ4n) is 1.42. The van der Waals surface area contributed by atoms with Gasteiger partial charge in [0, 0.05) is 0 Å². The van der Waals surface area contributed by atoms with Gasteiger partial charge in [-0.05, 0) is 0 Å². The molecular formula is C7H10N2O3. The molecule has 5 heteroatoms. The Morgan fingerprint density at radius 3 is 2.92 bits per heavy atom. The lowest BCUT2D eigenvalue weighted by atomic mass is 10.0. The molecule has 5 nitrogen and oxygen atoms in total. The molecule has 0 aromatic carbocycles. The van der Waals surface area contributed by atoms with E-state index < -0.39 is 18.3 Å². The van der Waals surface area contributed by atoms with Crippen LogP contribution in [0.25, 0.3) is 0 Å². The van der Waals surface area contributed by atoms with Crippen LogP contribution in [-0.2, 0) is 6.54 Å². The first-order valence-electron chi connectivity index (χ1n) is 3.74. The van der Waals surface area contributed by atoms with E-state index in [-0.39, 0.29) is 6.54 Å². The van der Waals surface area contributed by atoms with Gasteiger partial charge in [0.1, 0.15) is 18.3 Å². The third-order valence-corrected chi connectivity index (χ3v) is 2.15. The molecule has 1 aromatic rings. The third kappa shape index (κ3) is 0.945. The largest absolute Gasteiger partial charge is 0.388 e. The van der Waals surface area contributed by atoms with Crippen LogP contribution in [0.5, 0.6) is 0 Å². The van der Waals surface area contributed by atoms with Gasteiger partial charge in [-0.1, -0.05) is 0 Å².